The predicted molar refractivity (Wildman–Crippen MR) is 90.9 cm³/mol. The lowest BCUT2D eigenvalue weighted by Gasteiger charge is -2.32. The fraction of sp³-hybridized carbons (Fsp3) is 0.471. The van der Waals surface area contributed by atoms with E-state index < -0.39 is 11.7 Å². The molecular weight excluding hydrogens is 387 g/mol. The molecule has 1 aromatic heterocycles. The van der Waals surface area contributed by atoms with Gasteiger partial charge in [-0.2, -0.15) is 0 Å². The Labute approximate surface area is 145 Å². The molecule has 1 aromatic carbocycles. The summed E-state index contributed by atoms with van der Waals surface area (Å²) in [4.78, 5) is 14.1. The first-order valence-electron chi connectivity index (χ1n) is 7.73. The van der Waals surface area contributed by atoms with Gasteiger partial charge >= 0.3 is 0 Å². The molecule has 2 aromatic rings. The number of piperidine rings is 1. The van der Waals surface area contributed by atoms with Crippen molar-refractivity contribution in [3.05, 3.63) is 39.3 Å². The highest BCUT2D eigenvalue weighted by molar-refractivity contribution is 9.09. The van der Waals surface area contributed by atoms with Gasteiger partial charge in [0, 0.05) is 36.3 Å². The summed E-state index contributed by atoms with van der Waals surface area (Å²) < 4.78 is 46.5. The van der Waals surface area contributed by atoms with Crippen LogP contribution in [0.1, 0.15) is 35.7 Å². The number of hydrogen-bond donors (Lipinski definition) is 0. The fourth-order valence-corrected chi connectivity index (χ4v) is 3.34. The van der Waals surface area contributed by atoms with Gasteiger partial charge in [-0.15, -0.1) is 0 Å². The van der Waals surface area contributed by atoms with Gasteiger partial charge in [-0.25, -0.2) is 13.2 Å². The number of alkyl halides is 3. The van der Waals surface area contributed by atoms with Crippen molar-refractivity contribution in [2.75, 3.05) is 18.0 Å². The van der Waals surface area contributed by atoms with Crippen molar-refractivity contribution < 1.29 is 17.6 Å². The second-order valence-corrected chi connectivity index (χ2v) is 7.57. The number of anilines is 1. The normalized spacial score (nSPS) is 18.8. The van der Waals surface area contributed by atoms with Gasteiger partial charge in [-0.1, -0.05) is 15.9 Å². The average molecular weight is 404 g/mol. The zero-order valence-corrected chi connectivity index (χ0v) is 14.9. The third-order valence-electron chi connectivity index (χ3n) is 4.40. The van der Waals surface area contributed by atoms with Crippen LogP contribution in [-0.2, 0) is 0 Å². The lowest BCUT2D eigenvalue weighted by molar-refractivity contribution is -0.0225. The van der Waals surface area contributed by atoms with Crippen LogP contribution in [0.3, 0.4) is 0 Å². The molecule has 0 spiro atoms. The minimum Gasteiger partial charge on any atom is -0.440 e. The summed E-state index contributed by atoms with van der Waals surface area (Å²) in [5.74, 6) is -2.90. The molecule has 1 aliphatic heterocycles. The first-order chi connectivity index (χ1) is 11.2. The van der Waals surface area contributed by atoms with Gasteiger partial charge in [0.25, 0.3) is 5.92 Å². The Kier molecular flexibility index (Phi) is 4.40. The third-order valence-corrected chi connectivity index (χ3v) is 4.89. The predicted octanol–water partition coefficient (Wildman–Crippen LogP) is 4.93. The van der Waals surface area contributed by atoms with Crippen LogP contribution in [0.2, 0.25) is 0 Å². The van der Waals surface area contributed by atoms with Crippen molar-refractivity contribution >= 4 is 32.8 Å². The Balaban J connectivity index is 2.17. The van der Waals surface area contributed by atoms with E-state index in [-0.39, 0.29) is 41.6 Å². The van der Waals surface area contributed by atoms with Crippen LogP contribution in [0.5, 0.6) is 0 Å². The molecule has 0 N–H and O–H groups in total. The Morgan fingerprint density at radius 2 is 1.92 bits per heavy atom. The van der Waals surface area contributed by atoms with Crippen molar-refractivity contribution in [2.45, 2.75) is 37.4 Å². The molecule has 1 saturated heterocycles. The zero-order valence-electron chi connectivity index (χ0n) is 13.3. The average Bonchev–Trinajstić information content (AvgIpc) is 2.51. The number of fused-ring (bicyclic) bond motifs is 1. The van der Waals surface area contributed by atoms with E-state index in [0.29, 0.717) is 22.6 Å². The molecule has 3 rings (SSSR count). The van der Waals surface area contributed by atoms with E-state index >= 15 is 0 Å². The highest BCUT2D eigenvalue weighted by atomic mass is 79.9. The van der Waals surface area contributed by atoms with E-state index in [1.807, 2.05) is 0 Å². The van der Waals surface area contributed by atoms with Gasteiger partial charge < -0.3 is 9.32 Å². The van der Waals surface area contributed by atoms with E-state index in [1.165, 1.54) is 6.07 Å². The fourth-order valence-electron chi connectivity index (χ4n) is 3.00. The van der Waals surface area contributed by atoms with Crippen molar-refractivity contribution in [1.29, 1.82) is 0 Å². The molecule has 1 fully saturated rings. The monoisotopic (exact) mass is 403 g/mol. The lowest BCUT2D eigenvalue weighted by atomic mass is 10.0. The summed E-state index contributed by atoms with van der Waals surface area (Å²) in [5, 5.41) is 0.167. The quantitative estimate of drug-likeness (QED) is 0.666. The van der Waals surface area contributed by atoms with E-state index in [0.717, 1.165) is 6.07 Å². The van der Waals surface area contributed by atoms with Crippen LogP contribution < -0.4 is 10.3 Å². The molecule has 7 heteroatoms. The molecule has 0 amide bonds. The topological polar surface area (TPSA) is 33.5 Å². The minimum absolute atomic E-state index is 0.114. The molecule has 1 aliphatic rings. The summed E-state index contributed by atoms with van der Waals surface area (Å²) in [7, 11) is 0. The maximum Gasteiger partial charge on any atom is 0.251 e. The number of benzene rings is 1. The van der Waals surface area contributed by atoms with Gasteiger partial charge in [0.2, 0.25) is 5.88 Å². The largest absolute Gasteiger partial charge is 0.440 e. The first kappa shape index (κ1) is 17.3. The second-order valence-electron chi connectivity index (χ2n) is 6.19. The van der Waals surface area contributed by atoms with Crippen LogP contribution in [0, 0.1) is 12.7 Å². The maximum absolute atomic E-state index is 13.8. The van der Waals surface area contributed by atoms with E-state index in [9.17, 15) is 18.0 Å². The first-order valence-corrected chi connectivity index (χ1v) is 8.65. The molecule has 0 bridgehead atoms. The molecule has 0 aliphatic carbocycles. The Hall–Kier alpha value is -1.50. The molecule has 2 heterocycles. The number of nitrogens with zero attached hydrogens (tertiary/aromatic N) is 1. The van der Waals surface area contributed by atoms with Crippen molar-refractivity contribution in [3.63, 3.8) is 0 Å². The van der Waals surface area contributed by atoms with Gasteiger partial charge in [0.05, 0.1) is 10.9 Å². The van der Waals surface area contributed by atoms with Crippen LogP contribution in [0.25, 0.3) is 11.0 Å². The Bertz CT molecular complexity index is 838. The summed E-state index contributed by atoms with van der Waals surface area (Å²) >= 11 is 3.37. The van der Waals surface area contributed by atoms with Gasteiger partial charge in [0.15, 0.2) is 5.43 Å². The standard InChI is InChI=1S/C17H17BrF3NO2/c1-9-14(23)13-8-11(19)7-12(10(2)18)15(13)24-16(9)22-5-3-17(20,21)4-6-22/h7-8,10H,3-6H2,1-2H3. The molecule has 0 radical (unpaired) electrons. The van der Waals surface area contributed by atoms with Gasteiger partial charge in [-0.05, 0) is 26.0 Å². The van der Waals surface area contributed by atoms with Crippen molar-refractivity contribution in [1.82, 2.24) is 0 Å². The Morgan fingerprint density at radius 3 is 2.50 bits per heavy atom. The van der Waals surface area contributed by atoms with E-state index in [1.54, 1.807) is 18.7 Å². The van der Waals surface area contributed by atoms with Crippen LogP contribution in [-0.4, -0.2) is 19.0 Å². The van der Waals surface area contributed by atoms with E-state index in [2.05, 4.69) is 15.9 Å². The highest BCUT2D eigenvalue weighted by Gasteiger charge is 2.35. The summed E-state index contributed by atoms with van der Waals surface area (Å²) in [6.45, 7) is 3.61. The summed E-state index contributed by atoms with van der Waals surface area (Å²) in [6.07, 6.45) is -0.557. The third kappa shape index (κ3) is 3.06. The SMILES string of the molecule is Cc1c(N2CCC(F)(F)CC2)oc2c(C(C)Br)cc(F)cc2c1=O. The number of halogens is 4. The zero-order chi connectivity index (χ0) is 17.6. The minimum atomic E-state index is -2.68. The van der Waals surface area contributed by atoms with Gasteiger partial charge in [0.1, 0.15) is 11.4 Å². The molecule has 130 valence electrons. The molecule has 24 heavy (non-hydrogen) atoms. The molecule has 0 saturated carbocycles. The molecule has 3 nitrogen and oxygen atoms in total. The molecule has 1 unspecified atom stereocenters. The summed E-state index contributed by atoms with van der Waals surface area (Å²) in [5.41, 5.74) is 0.790. The maximum atomic E-state index is 13.8. The van der Waals surface area contributed by atoms with Crippen molar-refractivity contribution in [3.8, 4) is 0 Å². The van der Waals surface area contributed by atoms with Crippen LogP contribution in [0.15, 0.2) is 21.3 Å². The van der Waals surface area contributed by atoms with Crippen LogP contribution >= 0.6 is 15.9 Å². The highest BCUT2D eigenvalue weighted by Crippen LogP contribution is 2.35. The van der Waals surface area contributed by atoms with Crippen molar-refractivity contribution in [2.24, 2.45) is 0 Å². The summed E-state index contributed by atoms with van der Waals surface area (Å²) in [6, 6.07) is 2.47. The molecular formula is C17H17BrF3NO2. The van der Waals surface area contributed by atoms with Crippen LogP contribution in [0.4, 0.5) is 19.1 Å². The van der Waals surface area contributed by atoms with Gasteiger partial charge in [-0.3, -0.25) is 4.79 Å². The van der Waals surface area contributed by atoms with E-state index in [4.69, 9.17) is 4.42 Å². The smallest absolute Gasteiger partial charge is 0.251 e. The Morgan fingerprint density at radius 1 is 1.29 bits per heavy atom. The number of hydrogen-bond acceptors (Lipinski definition) is 3. The number of rotatable bonds is 2. The lowest BCUT2D eigenvalue weighted by Crippen LogP contribution is -2.40. The second kappa shape index (κ2) is 6.10. The molecule has 1 atom stereocenters.